The van der Waals surface area contributed by atoms with Crippen LogP contribution in [0.4, 0.5) is 5.95 Å². The maximum Gasteiger partial charge on any atom is 0.258 e. The molecular formula is C20H21N5O2. The number of nitrogens with one attached hydrogen (secondary N) is 1. The van der Waals surface area contributed by atoms with Crippen LogP contribution in [0.25, 0.3) is 0 Å². The molecule has 3 aromatic rings. The Hall–Kier alpha value is -3.61. The van der Waals surface area contributed by atoms with Gasteiger partial charge in [0.05, 0.1) is 18.1 Å². The molecule has 1 amide bonds. The van der Waals surface area contributed by atoms with Crippen LogP contribution >= 0.6 is 0 Å². The standard InChI is InChI=1S/C20H21N5O2/c1-15-13-25(20(21)24-15)23-12-17-9-5-6-10-18(17)27-14-19(26)22-11-16-7-3-2-4-8-16/h2-10,12-13H,11,14H2,1H3,(H2,21,24)(H,22,26). The molecule has 0 fully saturated rings. The van der Waals surface area contributed by atoms with Crippen molar-refractivity contribution < 1.29 is 9.53 Å². The van der Waals surface area contributed by atoms with E-state index in [1.807, 2.05) is 55.5 Å². The maximum absolute atomic E-state index is 12.0. The molecule has 1 heterocycles. The van der Waals surface area contributed by atoms with Gasteiger partial charge in [0.15, 0.2) is 6.61 Å². The normalized spacial score (nSPS) is 10.9. The third-order valence-corrected chi connectivity index (χ3v) is 3.77. The summed E-state index contributed by atoms with van der Waals surface area (Å²) in [6, 6.07) is 17.0. The number of nitrogen functional groups attached to an aromatic ring is 1. The van der Waals surface area contributed by atoms with Crippen molar-refractivity contribution in [3.05, 3.63) is 77.6 Å². The molecule has 0 saturated heterocycles. The van der Waals surface area contributed by atoms with Crippen LogP contribution in [0.5, 0.6) is 5.75 Å². The summed E-state index contributed by atoms with van der Waals surface area (Å²) in [6.45, 7) is 2.23. The number of amides is 1. The second-order valence-electron chi connectivity index (χ2n) is 5.92. The molecule has 27 heavy (non-hydrogen) atoms. The first-order chi connectivity index (χ1) is 13.1. The monoisotopic (exact) mass is 363 g/mol. The molecule has 3 N–H and O–H groups in total. The molecule has 0 unspecified atom stereocenters. The molecule has 0 radical (unpaired) electrons. The Morgan fingerprint density at radius 2 is 1.96 bits per heavy atom. The summed E-state index contributed by atoms with van der Waals surface area (Å²) in [4.78, 5) is 16.1. The average molecular weight is 363 g/mol. The van der Waals surface area contributed by atoms with Crippen LogP contribution in [0.15, 0.2) is 65.9 Å². The highest BCUT2D eigenvalue weighted by atomic mass is 16.5. The number of ether oxygens (including phenoxy) is 1. The van der Waals surface area contributed by atoms with Crippen molar-refractivity contribution in [1.82, 2.24) is 15.0 Å². The first-order valence-corrected chi connectivity index (χ1v) is 8.50. The zero-order chi connectivity index (χ0) is 19.1. The largest absolute Gasteiger partial charge is 0.483 e. The Kier molecular flexibility index (Phi) is 5.84. The second-order valence-corrected chi connectivity index (χ2v) is 5.92. The number of imidazole rings is 1. The molecule has 138 valence electrons. The quantitative estimate of drug-likeness (QED) is 0.630. The van der Waals surface area contributed by atoms with E-state index >= 15 is 0 Å². The highest BCUT2D eigenvalue weighted by Crippen LogP contribution is 2.16. The first kappa shape index (κ1) is 18.2. The lowest BCUT2D eigenvalue weighted by Crippen LogP contribution is -2.28. The molecule has 0 aliphatic carbocycles. The van der Waals surface area contributed by atoms with E-state index < -0.39 is 0 Å². The van der Waals surface area contributed by atoms with E-state index in [1.54, 1.807) is 18.5 Å². The molecule has 1 aromatic heterocycles. The van der Waals surface area contributed by atoms with Gasteiger partial charge in [-0.05, 0) is 24.6 Å². The Labute approximate surface area is 157 Å². The molecule has 0 saturated carbocycles. The highest BCUT2D eigenvalue weighted by molar-refractivity contribution is 5.84. The SMILES string of the molecule is Cc1cn(N=Cc2ccccc2OCC(=O)NCc2ccccc2)c(N)n1. The predicted molar refractivity (Wildman–Crippen MR) is 105 cm³/mol. The van der Waals surface area contributed by atoms with E-state index in [4.69, 9.17) is 10.5 Å². The zero-order valence-electron chi connectivity index (χ0n) is 15.0. The lowest BCUT2D eigenvalue weighted by Gasteiger charge is -2.09. The van der Waals surface area contributed by atoms with Crippen molar-refractivity contribution in [2.24, 2.45) is 5.10 Å². The second kappa shape index (κ2) is 8.66. The molecule has 0 spiro atoms. The summed E-state index contributed by atoms with van der Waals surface area (Å²) in [7, 11) is 0. The summed E-state index contributed by atoms with van der Waals surface area (Å²) in [5, 5.41) is 7.11. The van der Waals surface area contributed by atoms with E-state index in [9.17, 15) is 4.79 Å². The number of benzene rings is 2. The van der Waals surface area contributed by atoms with Crippen LogP contribution in [0.3, 0.4) is 0 Å². The number of hydrogen-bond donors (Lipinski definition) is 2. The Balaban J connectivity index is 1.59. The third-order valence-electron chi connectivity index (χ3n) is 3.77. The summed E-state index contributed by atoms with van der Waals surface area (Å²) in [6.07, 6.45) is 3.35. The van der Waals surface area contributed by atoms with Crippen LogP contribution in [-0.4, -0.2) is 28.4 Å². The van der Waals surface area contributed by atoms with E-state index in [1.165, 1.54) is 4.68 Å². The predicted octanol–water partition coefficient (Wildman–Crippen LogP) is 2.35. The summed E-state index contributed by atoms with van der Waals surface area (Å²) in [5.41, 5.74) is 8.33. The van der Waals surface area contributed by atoms with Gasteiger partial charge in [0, 0.05) is 12.1 Å². The number of hydrogen-bond acceptors (Lipinski definition) is 5. The van der Waals surface area contributed by atoms with E-state index in [2.05, 4.69) is 15.4 Å². The highest BCUT2D eigenvalue weighted by Gasteiger charge is 2.06. The minimum absolute atomic E-state index is 0.0794. The van der Waals surface area contributed by atoms with Gasteiger partial charge in [-0.15, -0.1) is 0 Å². The van der Waals surface area contributed by atoms with Crippen molar-refractivity contribution in [2.45, 2.75) is 13.5 Å². The van der Waals surface area contributed by atoms with Gasteiger partial charge in [0.2, 0.25) is 5.95 Å². The third kappa shape index (κ3) is 5.18. The zero-order valence-corrected chi connectivity index (χ0v) is 15.0. The molecule has 0 bridgehead atoms. The van der Waals surface area contributed by atoms with Gasteiger partial charge in [0.1, 0.15) is 5.75 Å². The molecule has 0 aliphatic heterocycles. The van der Waals surface area contributed by atoms with Crippen molar-refractivity contribution in [3.63, 3.8) is 0 Å². The van der Waals surface area contributed by atoms with Crippen LogP contribution in [0.2, 0.25) is 0 Å². The van der Waals surface area contributed by atoms with Crippen LogP contribution in [0, 0.1) is 6.92 Å². The van der Waals surface area contributed by atoms with Crippen molar-refractivity contribution in [3.8, 4) is 5.75 Å². The summed E-state index contributed by atoms with van der Waals surface area (Å²) in [5.74, 6) is 0.675. The smallest absolute Gasteiger partial charge is 0.258 e. The molecule has 0 aliphatic rings. The first-order valence-electron chi connectivity index (χ1n) is 8.50. The molecule has 7 nitrogen and oxygen atoms in total. The van der Waals surface area contributed by atoms with Gasteiger partial charge in [-0.25, -0.2) is 9.66 Å². The molecule has 0 atom stereocenters. The molecule has 2 aromatic carbocycles. The van der Waals surface area contributed by atoms with Gasteiger partial charge in [-0.3, -0.25) is 4.79 Å². The number of carbonyl (C=O) groups is 1. The van der Waals surface area contributed by atoms with E-state index in [0.29, 0.717) is 18.2 Å². The number of aromatic nitrogens is 2. The number of nitrogens with two attached hydrogens (primary N) is 1. The number of carbonyl (C=O) groups excluding carboxylic acids is 1. The average Bonchev–Trinajstić information content (AvgIpc) is 3.01. The minimum atomic E-state index is -0.194. The number of nitrogens with zero attached hydrogens (tertiary/aromatic N) is 3. The van der Waals surface area contributed by atoms with Crippen LogP contribution in [-0.2, 0) is 11.3 Å². The molecule has 3 rings (SSSR count). The van der Waals surface area contributed by atoms with Crippen LogP contribution < -0.4 is 15.8 Å². The fourth-order valence-corrected chi connectivity index (χ4v) is 2.43. The summed E-state index contributed by atoms with van der Waals surface area (Å²) < 4.78 is 7.14. The van der Waals surface area contributed by atoms with Crippen LogP contribution in [0.1, 0.15) is 16.8 Å². The van der Waals surface area contributed by atoms with Crippen molar-refractivity contribution in [1.29, 1.82) is 0 Å². The Morgan fingerprint density at radius 3 is 2.70 bits per heavy atom. The van der Waals surface area contributed by atoms with Gasteiger partial charge < -0.3 is 15.8 Å². The number of anilines is 1. The fraction of sp³-hybridized carbons (Fsp3) is 0.150. The lowest BCUT2D eigenvalue weighted by atomic mass is 10.2. The van der Waals surface area contributed by atoms with Gasteiger partial charge in [0.25, 0.3) is 5.91 Å². The topological polar surface area (TPSA) is 94.5 Å². The maximum atomic E-state index is 12.0. The van der Waals surface area contributed by atoms with Gasteiger partial charge >= 0.3 is 0 Å². The van der Waals surface area contributed by atoms with Crippen molar-refractivity contribution >= 4 is 18.1 Å². The summed E-state index contributed by atoms with van der Waals surface area (Å²) >= 11 is 0. The Bertz CT molecular complexity index is 935. The Morgan fingerprint density at radius 1 is 1.22 bits per heavy atom. The van der Waals surface area contributed by atoms with E-state index in [-0.39, 0.29) is 12.5 Å². The lowest BCUT2D eigenvalue weighted by molar-refractivity contribution is -0.123. The molecule has 7 heteroatoms. The van der Waals surface area contributed by atoms with Gasteiger partial charge in [-0.2, -0.15) is 5.10 Å². The number of para-hydroxylation sites is 1. The van der Waals surface area contributed by atoms with Gasteiger partial charge in [-0.1, -0.05) is 42.5 Å². The molecular weight excluding hydrogens is 342 g/mol. The number of rotatable bonds is 7. The fourth-order valence-electron chi connectivity index (χ4n) is 2.43. The van der Waals surface area contributed by atoms with E-state index in [0.717, 1.165) is 16.8 Å². The number of aryl methyl sites for hydroxylation is 1. The minimum Gasteiger partial charge on any atom is -0.483 e. The van der Waals surface area contributed by atoms with Crippen molar-refractivity contribution in [2.75, 3.05) is 12.3 Å².